The van der Waals surface area contributed by atoms with Crippen LogP contribution in [0.1, 0.15) is 37.4 Å². The molecule has 0 amide bonds. The fourth-order valence-corrected chi connectivity index (χ4v) is 2.39. The van der Waals surface area contributed by atoms with Crippen LogP contribution in [0.4, 0.5) is 0 Å². The lowest BCUT2D eigenvalue weighted by atomic mass is 10.0. The largest absolute Gasteiger partial charge is 0.457 e. The maximum Gasteiger partial charge on any atom is 0.132 e. The van der Waals surface area contributed by atoms with Gasteiger partial charge in [-0.2, -0.15) is 0 Å². The van der Waals surface area contributed by atoms with Crippen molar-refractivity contribution in [3.8, 4) is 11.5 Å². The van der Waals surface area contributed by atoms with Crippen LogP contribution in [0.2, 0.25) is 0 Å². The van der Waals surface area contributed by atoms with Gasteiger partial charge in [0.1, 0.15) is 11.5 Å². The van der Waals surface area contributed by atoms with Gasteiger partial charge in [-0.15, -0.1) is 0 Å². The molecule has 0 aliphatic heterocycles. The molecule has 0 fully saturated rings. The summed E-state index contributed by atoms with van der Waals surface area (Å²) in [6.45, 7) is 7.35. The van der Waals surface area contributed by atoms with Crippen LogP contribution in [0.15, 0.2) is 48.5 Å². The molecule has 20 heavy (non-hydrogen) atoms. The fourth-order valence-electron chi connectivity index (χ4n) is 2.39. The zero-order valence-electron chi connectivity index (χ0n) is 12.5. The Morgan fingerprint density at radius 1 is 1.05 bits per heavy atom. The summed E-state index contributed by atoms with van der Waals surface area (Å²) in [7, 11) is 0. The van der Waals surface area contributed by atoms with E-state index in [4.69, 9.17) is 4.74 Å². The number of aryl methyl sites for hydroxylation is 1. The molecule has 1 unspecified atom stereocenters. The third-order valence-electron chi connectivity index (χ3n) is 3.37. The first-order valence-electron chi connectivity index (χ1n) is 7.31. The van der Waals surface area contributed by atoms with Crippen molar-refractivity contribution in [3.63, 3.8) is 0 Å². The Balaban J connectivity index is 2.27. The molecule has 0 saturated carbocycles. The molecule has 0 aromatic heterocycles. The highest BCUT2D eigenvalue weighted by atomic mass is 16.5. The summed E-state index contributed by atoms with van der Waals surface area (Å²) in [5.74, 6) is 1.83. The predicted octanol–water partition coefficient (Wildman–Crippen LogP) is 4.85. The van der Waals surface area contributed by atoms with Crippen molar-refractivity contribution in [1.29, 1.82) is 0 Å². The normalized spacial score (nSPS) is 12.2. The topological polar surface area (TPSA) is 21.3 Å². The minimum atomic E-state index is 0.334. The summed E-state index contributed by atoms with van der Waals surface area (Å²) in [5.41, 5.74) is 2.43. The van der Waals surface area contributed by atoms with Crippen molar-refractivity contribution in [1.82, 2.24) is 5.32 Å². The van der Waals surface area contributed by atoms with Crippen molar-refractivity contribution in [2.45, 2.75) is 33.2 Å². The van der Waals surface area contributed by atoms with Gasteiger partial charge < -0.3 is 10.1 Å². The van der Waals surface area contributed by atoms with Gasteiger partial charge in [0, 0.05) is 11.6 Å². The first-order chi connectivity index (χ1) is 9.74. The average molecular weight is 269 g/mol. The number of nitrogens with one attached hydrogen (secondary N) is 1. The van der Waals surface area contributed by atoms with E-state index in [1.165, 1.54) is 11.1 Å². The second-order valence-electron chi connectivity index (χ2n) is 4.97. The van der Waals surface area contributed by atoms with Crippen LogP contribution in [0.25, 0.3) is 0 Å². The van der Waals surface area contributed by atoms with E-state index >= 15 is 0 Å². The first kappa shape index (κ1) is 14.6. The minimum Gasteiger partial charge on any atom is -0.457 e. The molecule has 0 spiro atoms. The number of ether oxygens (including phenoxy) is 1. The van der Waals surface area contributed by atoms with Crippen LogP contribution in [0, 0.1) is 6.92 Å². The third kappa shape index (κ3) is 3.61. The number of hydrogen-bond donors (Lipinski definition) is 1. The summed E-state index contributed by atoms with van der Waals surface area (Å²) in [5, 5.41) is 3.51. The molecule has 0 saturated heterocycles. The monoisotopic (exact) mass is 269 g/mol. The Bertz CT molecular complexity index is 551. The molecule has 0 aliphatic carbocycles. The van der Waals surface area contributed by atoms with Crippen molar-refractivity contribution >= 4 is 0 Å². The molecule has 0 aliphatic rings. The highest BCUT2D eigenvalue weighted by Crippen LogP contribution is 2.31. The van der Waals surface area contributed by atoms with Gasteiger partial charge in [0.05, 0.1) is 0 Å². The molecule has 2 rings (SSSR count). The second-order valence-corrected chi connectivity index (χ2v) is 4.97. The average Bonchev–Trinajstić information content (AvgIpc) is 2.46. The first-order valence-corrected chi connectivity index (χ1v) is 7.31. The summed E-state index contributed by atoms with van der Waals surface area (Å²) < 4.78 is 6.08. The second kappa shape index (κ2) is 7.11. The van der Waals surface area contributed by atoms with Gasteiger partial charge in [0.2, 0.25) is 0 Å². The smallest absolute Gasteiger partial charge is 0.132 e. The van der Waals surface area contributed by atoms with Crippen LogP contribution in [-0.2, 0) is 0 Å². The number of hydrogen-bond acceptors (Lipinski definition) is 2. The van der Waals surface area contributed by atoms with Crippen molar-refractivity contribution in [2.75, 3.05) is 6.54 Å². The van der Waals surface area contributed by atoms with Gasteiger partial charge in [-0.1, -0.05) is 44.2 Å². The van der Waals surface area contributed by atoms with Crippen LogP contribution in [-0.4, -0.2) is 6.54 Å². The maximum absolute atomic E-state index is 6.08. The molecule has 0 radical (unpaired) electrons. The lowest BCUT2D eigenvalue weighted by Gasteiger charge is -2.20. The van der Waals surface area contributed by atoms with E-state index in [9.17, 15) is 0 Å². The Morgan fingerprint density at radius 3 is 2.55 bits per heavy atom. The molecule has 2 aromatic rings. The van der Waals surface area contributed by atoms with E-state index in [0.717, 1.165) is 24.5 Å². The highest BCUT2D eigenvalue weighted by Gasteiger charge is 2.13. The van der Waals surface area contributed by atoms with Gasteiger partial charge in [0.25, 0.3) is 0 Å². The standard InChI is InChI=1S/C18H23NO/c1-4-17(19-5-2)16-11-6-7-12-18(16)20-15-10-8-9-14(3)13-15/h6-13,17,19H,4-5H2,1-3H3. The summed E-state index contributed by atoms with van der Waals surface area (Å²) >= 11 is 0. The predicted molar refractivity (Wildman–Crippen MR) is 84.4 cm³/mol. The third-order valence-corrected chi connectivity index (χ3v) is 3.37. The fraction of sp³-hybridized carbons (Fsp3) is 0.333. The zero-order valence-corrected chi connectivity index (χ0v) is 12.5. The number of rotatable bonds is 6. The van der Waals surface area contributed by atoms with E-state index < -0.39 is 0 Å². The molecular formula is C18H23NO. The summed E-state index contributed by atoms with van der Waals surface area (Å²) in [6.07, 6.45) is 1.04. The van der Waals surface area contributed by atoms with Gasteiger partial charge in [-0.25, -0.2) is 0 Å². The SMILES string of the molecule is CCNC(CC)c1ccccc1Oc1cccc(C)c1. The zero-order chi connectivity index (χ0) is 14.4. The highest BCUT2D eigenvalue weighted by molar-refractivity contribution is 5.40. The molecular weight excluding hydrogens is 246 g/mol. The molecule has 2 aromatic carbocycles. The molecule has 1 atom stereocenters. The van der Waals surface area contributed by atoms with Crippen LogP contribution < -0.4 is 10.1 Å². The number of benzene rings is 2. The molecule has 0 heterocycles. The molecule has 2 heteroatoms. The maximum atomic E-state index is 6.08. The Morgan fingerprint density at radius 2 is 1.85 bits per heavy atom. The Hall–Kier alpha value is -1.80. The Labute approximate surface area is 121 Å². The van der Waals surface area contributed by atoms with Gasteiger partial charge in [-0.05, 0) is 43.7 Å². The van der Waals surface area contributed by atoms with Crippen LogP contribution in [0.5, 0.6) is 11.5 Å². The molecule has 2 nitrogen and oxygen atoms in total. The van der Waals surface area contributed by atoms with Crippen molar-refractivity contribution in [3.05, 3.63) is 59.7 Å². The lowest BCUT2D eigenvalue weighted by Crippen LogP contribution is -2.20. The van der Waals surface area contributed by atoms with E-state index in [1.54, 1.807) is 0 Å². The van der Waals surface area contributed by atoms with Gasteiger partial charge in [-0.3, -0.25) is 0 Å². The number of para-hydroxylation sites is 1. The Kier molecular flexibility index (Phi) is 5.19. The molecule has 1 N–H and O–H groups in total. The van der Waals surface area contributed by atoms with E-state index in [2.05, 4.69) is 50.4 Å². The van der Waals surface area contributed by atoms with Crippen LogP contribution >= 0.6 is 0 Å². The van der Waals surface area contributed by atoms with Crippen molar-refractivity contribution in [2.24, 2.45) is 0 Å². The lowest BCUT2D eigenvalue weighted by molar-refractivity contribution is 0.452. The van der Waals surface area contributed by atoms with E-state index in [-0.39, 0.29) is 0 Å². The van der Waals surface area contributed by atoms with E-state index in [0.29, 0.717) is 6.04 Å². The minimum absolute atomic E-state index is 0.334. The quantitative estimate of drug-likeness (QED) is 0.809. The van der Waals surface area contributed by atoms with Gasteiger partial charge in [0.15, 0.2) is 0 Å². The van der Waals surface area contributed by atoms with E-state index in [1.807, 2.05) is 24.3 Å². The molecule has 0 bridgehead atoms. The van der Waals surface area contributed by atoms with Crippen LogP contribution in [0.3, 0.4) is 0 Å². The van der Waals surface area contributed by atoms with Gasteiger partial charge >= 0.3 is 0 Å². The summed E-state index contributed by atoms with van der Waals surface area (Å²) in [6, 6.07) is 16.8. The van der Waals surface area contributed by atoms with Crippen molar-refractivity contribution < 1.29 is 4.74 Å². The summed E-state index contributed by atoms with van der Waals surface area (Å²) in [4.78, 5) is 0. The molecule has 106 valence electrons.